The van der Waals surface area contributed by atoms with Crippen LogP contribution in [0.4, 0.5) is 10.1 Å². The number of hydrogen-bond acceptors (Lipinski definition) is 3. The summed E-state index contributed by atoms with van der Waals surface area (Å²) in [7, 11) is 1.82. The number of halogens is 1. The van der Waals surface area contributed by atoms with E-state index in [-0.39, 0.29) is 17.8 Å². The first kappa shape index (κ1) is 19.0. The smallest absolute Gasteiger partial charge is 0.225 e. The van der Waals surface area contributed by atoms with Crippen molar-refractivity contribution in [1.29, 1.82) is 0 Å². The lowest BCUT2D eigenvalue weighted by molar-refractivity contribution is -0.116. The highest BCUT2D eigenvalue weighted by molar-refractivity contribution is 5.92. The Morgan fingerprint density at radius 2 is 2.00 bits per heavy atom. The van der Waals surface area contributed by atoms with Crippen molar-refractivity contribution in [2.75, 3.05) is 18.9 Å². The predicted octanol–water partition coefficient (Wildman–Crippen LogP) is 4.28. The molecule has 27 heavy (non-hydrogen) atoms. The number of fused-ring (bicyclic) bond motifs is 1. The van der Waals surface area contributed by atoms with Gasteiger partial charge < -0.3 is 15.2 Å². The molecule has 1 amide bonds. The van der Waals surface area contributed by atoms with Crippen LogP contribution in [0.25, 0.3) is 22.4 Å². The van der Waals surface area contributed by atoms with Crippen molar-refractivity contribution in [3.05, 3.63) is 47.8 Å². The number of carbonyl (C=O) groups is 1. The maximum Gasteiger partial charge on any atom is 0.225 e. The van der Waals surface area contributed by atoms with Crippen LogP contribution in [-0.2, 0) is 4.79 Å². The number of aromatic nitrogens is 2. The number of nitrogens with zero attached hydrogens (tertiary/aromatic N) is 2. The minimum absolute atomic E-state index is 0.0231. The van der Waals surface area contributed by atoms with Gasteiger partial charge in [-0.1, -0.05) is 0 Å². The number of nitrogens with one attached hydrogen (secondary N) is 2. The van der Waals surface area contributed by atoms with Gasteiger partial charge in [-0.3, -0.25) is 4.79 Å². The maximum absolute atomic E-state index is 13.6. The Morgan fingerprint density at radius 3 is 2.67 bits per heavy atom. The van der Waals surface area contributed by atoms with E-state index < -0.39 is 0 Å². The van der Waals surface area contributed by atoms with Crippen molar-refractivity contribution in [2.45, 2.75) is 33.2 Å². The average Bonchev–Trinajstić information content (AvgIpc) is 3.00. The SMILES string of the molecule is CNCCC(=O)Nc1ccc(-c2nc3cc(F)ccc3n2C(C)C)cc1C. The van der Waals surface area contributed by atoms with Gasteiger partial charge in [0.05, 0.1) is 11.0 Å². The third-order valence-corrected chi connectivity index (χ3v) is 4.53. The number of aryl methyl sites for hydroxylation is 1. The molecular formula is C21H25FN4O. The third-order valence-electron chi connectivity index (χ3n) is 4.53. The summed E-state index contributed by atoms with van der Waals surface area (Å²) in [6, 6.07) is 10.7. The Hall–Kier alpha value is -2.73. The van der Waals surface area contributed by atoms with Crippen LogP contribution in [0.5, 0.6) is 0 Å². The van der Waals surface area contributed by atoms with Gasteiger partial charge in [0.25, 0.3) is 0 Å². The molecule has 6 heteroatoms. The molecule has 3 rings (SSSR count). The molecule has 0 saturated carbocycles. The van der Waals surface area contributed by atoms with Crippen LogP contribution in [-0.4, -0.2) is 29.1 Å². The van der Waals surface area contributed by atoms with Gasteiger partial charge in [-0.2, -0.15) is 0 Å². The highest BCUT2D eigenvalue weighted by Gasteiger charge is 2.16. The van der Waals surface area contributed by atoms with Crippen molar-refractivity contribution in [3.8, 4) is 11.4 Å². The second kappa shape index (κ2) is 7.88. The van der Waals surface area contributed by atoms with E-state index in [0.29, 0.717) is 18.5 Å². The van der Waals surface area contributed by atoms with Crippen LogP contribution in [0.15, 0.2) is 36.4 Å². The summed E-state index contributed by atoms with van der Waals surface area (Å²) in [6.07, 6.45) is 0.423. The van der Waals surface area contributed by atoms with E-state index in [1.165, 1.54) is 12.1 Å². The van der Waals surface area contributed by atoms with Crippen molar-refractivity contribution < 1.29 is 9.18 Å². The van der Waals surface area contributed by atoms with Crippen molar-refractivity contribution in [3.63, 3.8) is 0 Å². The summed E-state index contributed by atoms with van der Waals surface area (Å²) in [5, 5.41) is 5.90. The fourth-order valence-electron chi connectivity index (χ4n) is 3.19. The largest absolute Gasteiger partial charge is 0.326 e. The number of imidazole rings is 1. The zero-order chi connectivity index (χ0) is 19.6. The summed E-state index contributed by atoms with van der Waals surface area (Å²) < 4.78 is 15.7. The molecule has 0 atom stereocenters. The number of benzene rings is 2. The van der Waals surface area contributed by atoms with Crippen molar-refractivity contribution in [1.82, 2.24) is 14.9 Å². The van der Waals surface area contributed by atoms with Gasteiger partial charge in [-0.05, 0) is 63.7 Å². The molecule has 0 bridgehead atoms. The molecule has 1 heterocycles. The summed E-state index contributed by atoms with van der Waals surface area (Å²) in [6.45, 7) is 6.76. The predicted molar refractivity (Wildman–Crippen MR) is 107 cm³/mol. The Balaban J connectivity index is 1.98. The molecule has 0 aliphatic rings. The fraction of sp³-hybridized carbons (Fsp3) is 0.333. The standard InChI is InChI=1S/C21H25FN4O/c1-13(2)26-19-8-6-16(22)12-18(19)25-21(26)15-5-7-17(14(3)11-15)24-20(27)9-10-23-4/h5-8,11-13,23H,9-10H2,1-4H3,(H,24,27). The van der Waals surface area contributed by atoms with Gasteiger partial charge in [0.2, 0.25) is 5.91 Å². The monoisotopic (exact) mass is 368 g/mol. The lowest BCUT2D eigenvalue weighted by Crippen LogP contribution is -2.19. The normalized spacial score (nSPS) is 11.3. The van der Waals surface area contributed by atoms with Gasteiger partial charge in [0.1, 0.15) is 11.6 Å². The van der Waals surface area contributed by atoms with E-state index in [9.17, 15) is 9.18 Å². The Bertz CT molecular complexity index is 978. The van der Waals surface area contributed by atoms with E-state index in [1.807, 2.05) is 32.2 Å². The van der Waals surface area contributed by atoms with Gasteiger partial charge in [-0.15, -0.1) is 0 Å². The molecule has 0 aliphatic heterocycles. The molecule has 5 nitrogen and oxygen atoms in total. The Morgan fingerprint density at radius 1 is 1.22 bits per heavy atom. The maximum atomic E-state index is 13.6. The van der Waals surface area contributed by atoms with E-state index in [2.05, 4.69) is 34.0 Å². The first-order valence-electron chi connectivity index (χ1n) is 9.13. The summed E-state index contributed by atoms with van der Waals surface area (Å²) in [4.78, 5) is 16.6. The molecule has 2 N–H and O–H groups in total. The number of carbonyl (C=O) groups excluding carboxylic acids is 1. The molecule has 0 unspecified atom stereocenters. The van der Waals surface area contributed by atoms with Crippen LogP contribution in [0.2, 0.25) is 0 Å². The van der Waals surface area contributed by atoms with Gasteiger partial charge >= 0.3 is 0 Å². The number of anilines is 1. The van der Waals surface area contributed by atoms with Crippen LogP contribution in [0, 0.1) is 12.7 Å². The number of rotatable bonds is 6. The molecule has 0 radical (unpaired) electrons. The van der Waals surface area contributed by atoms with Gasteiger partial charge in [0.15, 0.2) is 0 Å². The van der Waals surface area contributed by atoms with Crippen LogP contribution in [0.3, 0.4) is 0 Å². The highest BCUT2D eigenvalue weighted by atomic mass is 19.1. The van der Waals surface area contributed by atoms with E-state index in [4.69, 9.17) is 0 Å². The molecule has 0 aliphatic carbocycles. The molecule has 0 fully saturated rings. The van der Waals surface area contributed by atoms with Crippen LogP contribution >= 0.6 is 0 Å². The Labute approximate surface area is 158 Å². The number of amides is 1. The first-order valence-corrected chi connectivity index (χ1v) is 9.13. The van der Waals surface area contributed by atoms with Gasteiger partial charge in [0, 0.05) is 36.3 Å². The second-order valence-electron chi connectivity index (χ2n) is 6.96. The molecule has 0 spiro atoms. The van der Waals surface area contributed by atoms with Crippen LogP contribution in [0.1, 0.15) is 31.9 Å². The zero-order valence-corrected chi connectivity index (χ0v) is 16.1. The summed E-state index contributed by atoms with van der Waals surface area (Å²) in [5.74, 6) is 0.477. The molecule has 3 aromatic rings. The summed E-state index contributed by atoms with van der Waals surface area (Å²) >= 11 is 0. The van der Waals surface area contributed by atoms with Crippen molar-refractivity contribution in [2.24, 2.45) is 0 Å². The quantitative estimate of drug-likeness (QED) is 0.683. The molecule has 0 saturated heterocycles. The fourth-order valence-corrected chi connectivity index (χ4v) is 3.19. The van der Waals surface area contributed by atoms with Gasteiger partial charge in [-0.25, -0.2) is 9.37 Å². The minimum Gasteiger partial charge on any atom is -0.326 e. The van der Waals surface area contributed by atoms with E-state index >= 15 is 0 Å². The van der Waals surface area contributed by atoms with Crippen LogP contribution < -0.4 is 10.6 Å². The number of hydrogen-bond donors (Lipinski definition) is 2. The average molecular weight is 368 g/mol. The Kier molecular flexibility index (Phi) is 5.56. The minimum atomic E-state index is -0.293. The first-order chi connectivity index (χ1) is 12.9. The topological polar surface area (TPSA) is 59.0 Å². The third kappa shape index (κ3) is 4.01. The second-order valence-corrected chi connectivity index (χ2v) is 6.96. The lowest BCUT2D eigenvalue weighted by atomic mass is 10.1. The highest BCUT2D eigenvalue weighted by Crippen LogP contribution is 2.30. The molecular weight excluding hydrogens is 343 g/mol. The van der Waals surface area contributed by atoms with E-state index in [1.54, 1.807) is 6.07 Å². The zero-order valence-electron chi connectivity index (χ0n) is 16.1. The molecule has 1 aromatic heterocycles. The molecule has 2 aromatic carbocycles. The van der Waals surface area contributed by atoms with E-state index in [0.717, 1.165) is 28.2 Å². The lowest BCUT2D eigenvalue weighted by Gasteiger charge is -2.15. The molecule has 142 valence electrons. The summed E-state index contributed by atoms with van der Waals surface area (Å²) in [5.41, 5.74) is 4.23. The van der Waals surface area contributed by atoms with Crippen molar-refractivity contribution >= 4 is 22.6 Å².